The molecule has 1 saturated heterocycles. The molecule has 0 aromatic heterocycles. The molecule has 9 heteroatoms. The van der Waals surface area contributed by atoms with Gasteiger partial charge < -0.3 is 5.11 Å². The van der Waals surface area contributed by atoms with Crippen molar-refractivity contribution in [2.45, 2.75) is 19.6 Å². The van der Waals surface area contributed by atoms with E-state index in [0.717, 1.165) is 4.90 Å². The second kappa shape index (κ2) is 7.29. The van der Waals surface area contributed by atoms with Gasteiger partial charge in [0.05, 0.1) is 0 Å². The number of carbonyl (C=O) groups is 3. The highest BCUT2D eigenvalue weighted by atomic mass is 16.8. The van der Waals surface area contributed by atoms with Crippen molar-refractivity contribution in [2.24, 2.45) is 5.92 Å². The van der Waals surface area contributed by atoms with E-state index in [1.54, 1.807) is 21.0 Å². The van der Waals surface area contributed by atoms with Crippen LogP contribution in [0.3, 0.4) is 0 Å². The average molecular weight is 289 g/mol. The summed E-state index contributed by atoms with van der Waals surface area (Å²) in [4.78, 5) is 44.9. The fourth-order valence-electron chi connectivity index (χ4n) is 1.57. The van der Waals surface area contributed by atoms with Crippen molar-refractivity contribution in [3.8, 4) is 0 Å². The highest BCUT2D eigenvalue weighted by molar-refractivity contribution is 6.05. The third-order valence-corrected chi connectivity index (χ3v) is 2.56. The van der Waals surface area contributed by atoms with Crippen LogP contribution in [0.25, 0.3) is 0 Å². The standard InChI is InChI=1S/C11H19N3O6/c1-7-4-9(16)14(11(7)18)5-8(15)12-20-10(17)6-19-13(2)3/h7,10,17H,4-6H2,1-3H3,(H,12,15). The Labute approximate surface area is 116 Å². The van der Waals surface area contributed by atoms with Gasteiger partial charge in [0.2, 0.25) is 18.1 Å². The fourth-order valence-corrected chi connectivity index (χ4v) is 1.57. The molecule has 1 heterocycles. The number of aliphatic hydroxyl groups excluding tert-OH is 1. The Bertz CT molecular complexity index is 386. The Balaban J connectivity index is 2.30. The predicted molar refractivity (Wildman–Crippen MR) is 65.4 cm³/mol. The first-order valence-electron chi connectivity index (χ1n) is 6.08. The highest BCUT2D eigenvalue weighted by Crippen LogP contribution is 2.17. The number of nitrogens with zero attached hydrogens (tertiary/aromatic N) is 2. The van der Waals surface area contributed by atoms with Crippen molar-refractivity contribution in [3.63, 3.8) is 0 Å². The average Bonchev–Trinajstić information content (AvgIpc) is 2.60. The first-order chi connectivity index (χ1) is 9.31. The number of carbonyl (C=O) groups excluding carboxylic acids is 3. The lowest BCUT2D eigenvalue weighted by atomic mass is 10.1. The highest BCUT2D eigenvalue weighted by Gasteiger charge is 2.36. The first-order valence-corrected chi connectivity index (χ1v) is 6.08. The molecule has 1 aliphatic heterocycles. The number of aliphatic hydroxyl groups is 1. The van der Waals surface area contributed by atoms with Gasteiger partial charge in [-0.15, -0.1) is 0 Å². The quantitative estimate of drug-likeness (QED) is 0.325. The van der Waals surface area contributed by atoms with E-state index >= 15 is 0 Å². The van der Waals surface area contributed by atoms with Gasteiger partial charge in [0.25, 0.3) is 5.91 Å². The summed E-state index contributed by atoms with van der Waals surface area (Å²) in [5.74, 6) is -1.89. The summed E-state index contributed by atoms with van der Waals surface area (Å²) in [7, 11) is 3.24. The lowest BCUT2D eigenvalue weighted by molar-refractivity contribution is -0.225. The molecule has 2 N–H and O–H groups in total. The second-order valence-electron chi connectivity index (χ2n) is 4.63. The third kappa shape index (κ3) is 4.85. The van der Waals surface area contributed by atoms with Crippen LogP contribution in [-0.2, 0) is 24.1 Å². The van der Waals surface area contributed by atoms with Gasteiger partial charge in [-0.25, -0.2) is 10.3 Å². The van der Waals surface area contributed by atoms with Crippen molar-refractivity contribution in [2.75, 3.05) is 27.2 Å². The minimum Gasteiger partial charge on any atom is -0.364 e. The SMILES string of the molecule is CC1CC(=O)N(CC(=O)NOC(O)CON(C)C)C1=O. The topological polar surface area (TPSA) is 108 Å². The Hall–Kier alpha value is -1.55. The van der Waals surface area contributed by atoms with Gasteiger partial charge in [-0.2, -0.15) is 5.06 Å². The van der Waals surface area contributed by atoms with E-state index in [4.69, 9.17) is 4.84 Å². The van der Waals surface area contributed by atoms with Crippen molar-refractivity contribution < 1.29 is 29.2 Å². The van der Waals surface area contributed by atoms with Crippen LogP contribution in [0.4, 0.5) is 0 Å². The Morgan fingerprint density at radius 3 is 2.70 bits per heavy atom. The molecule has 1 aliphatic rings. The molecule has 9 nitrogen and oxygen atoms in total. The molecule has 0 aromatic rings. The lowest BCUT2D eigenvalue weighted by Gasteiger charge is -2.17. The maximum Gasteiger partial charge on any atom is 0.263 e. The molecule has 1 fully saturated rings. The molecule has 3 amide bonds. The molecular weight excluding hydrogens is 270 g/mol. The number of likely N-dealkylation sites (tertiary alicyclic amines) is 1. The van der Waals surface area contributed by atoms with Crippen molar-refractivity contribution in [1.29, 1.82) is 0 Å². The van der Waals surface area contributed by atoms with Gasteiger partial charge in [0, 0.05) is 26.4 Å². The van der Waals surface area contributed by atoms with Crippen molar-refractivity contribution in [1.82, 2.24) is 15.4 Å². The van der Waals surface area contributed by atoms with Crippen LogP contribution in [0.5, 0.6) is 0 Å². The maximum absolute atomic E-state index is 11.6. The molecule has 114 valence electrons. The largest absolute Gasteiger partial charge is 0.364 e. The zero-order valence-corrected chi connectivity index (χ0v) is 11.7. The number of rotatable bonds is 7. The monoisotopic (exact) mass is 289 g/mol. The Morgan fingerprint density at radius 1 is 1.55 bits per heavy atom. The van der Waals surface area contributed by atoms with E-state index in [9.17, 15) is 19.5 Å². The molecule has 0 spiro atoms. The van der Waals surface area contributed by atoms with Gasteiger partial charge in [-0.1, -0.05) is 6.92 Å². The summed E-state index contributed by atoms with van der Waals surface area (Å²) in [5.41, 5.74) is 1.96. The summed E-state index contributed by atoms with van der Waals surface area (Å²) >= 11 is 0. The Kier molecular flexibility index (Phi) is 6.02. The molecule has 20 heavy (non-hydrogen) atoms. The van der Waals surface area contributed by atoms with Crippen LogP contribution < -0.4 is 5.48 Å². The smallest absolute Gasteiger partial charge is 0.263 e. The minimum absolute atomic E-state index is 0.103. The molecule has 2 unspecified atom stereocenters. The molecule has 0 saturated carbocycles. The molecular formula is C11H19N3O6. The number of amides is 3. The van der Waals surface area contributed by atoms with E-state index in [1.165, 1.54) is 5.06 Å². The summed E-state index contributed by atoms with van der Waals surface area (Å²) in [6.45, 7) is 1.02. The minimum atomic E-state index is -1.36. The van der Waals surface area contributed by atoms with Gasteiger partial charge in [-0.3, -0.25) is 24.1 Å². The van der Waals surface area contributed by atoms with Crippen LogP contribution in [0.15, 0.2) is 0 Å². The zero-order valence-electron chi connectivity index (χ0n) is 11.7. The van der Waals surface area contributed by atoms with E-state index < -0.39 is 30.6 Å². The molecule has 0 aliphatic carbocycles. The Morgan fingerprint density at radius 2 is 2.20 bits per heavy atom. The summed E-state index contributed by atoms with van der Waals surface area (Å²) < 4.78 is 0. The summed E-state index contributed by atoms with van der Waals surface area (Å²) in [6, 6.07) is 0. The van der Waals surface area contributed by atoms with E-state index in [0.29, 0.717) is 0 Å². The van der Waals surface area contributed by atoms with Crippen molar-refractivity contribution >= 4 is 17.7 Å². The van der Waals surface area contributed by atoms with E-state index in [2.05, 4.69) is 4.84 Å². The van der Waals surface area contributed by atoms with Crippen LogP contribution in [-0.4, -0.2) is 66.3 Å². The van der Waals surface area contributed by atoms with Gasteiger partial charge >= 0.3 is 0 Å². The first kappa shape index (κ1) is 16.5. The lowest BCUT2D eigenvalue weighted by Crippen LogP contribution is -2.42. The predicted octanol–water partition coefficient (Wildman–Crippen LogP) is -1.76. The molecule has 0 bridgehead atoms. The fraction of sp³-hybridized carbons (Fsp3) is 0.727. The van der Waals surface area contributed by atoms with Crippen molar-refractivity contribution in [3.05, 3.63) is 0 Å². The van der Waals surface area contributed by atoms with E-state index in [-0.39, 0.29) is 18.9 Å². The van der Waals surface area contributed by atoms with Crippen LogP contribution in [0.1, 0.15) is 13.3 Å². The van der Waals surface area contributed by atoms with Gasteiger partial charge in [0.15, 0.2) is 0 Å². The molecule has 1 rings (SSSR count). The van der Waals surface area contributed by atoms with Crippen LogP contribution in [0.2, 0.25) is 0 Å². The molecule has 0 aromatic carbocycles. The number of hydroxylamine groups is 3. The molecule has 2 atom stereocenters. The third-order valence-electron chi connectivity index (χ3n) is 2.56. The van der Waals surface area contributed by atoms with E-state index in [1.807, 2.05) is 5.48 Å². The summed E-state index contributed by atoms with van der Waals surface area (Å²) in [5, 5.41) is 10.7. The van der Waals surface area contributed by atoms with Gasteiger partial charge in [0.1, 0.15) is 13.2 Å². The van der Waals surface area contributed by atoms with Crippen LogP contribution >= 0.6 is 0 Å². The molecule has 0 radical (unpaired) electrons. The number of hydrogen-bond donors (Lipinski definition) is 2. The van der Waals surface area contributed by atoms with Gasteiger partial charge in [-0.05, 0) is 0 Å². The number of imide groups is 1. The normalized spacial score (nSPS) is 20.6. The second-order valence-corrected chi connectivity index (χ2v) is 4.63. The number of hydrogen-bond acceptors (Lipinski definition) is 7. The summed E-state index contributed by atoms with van der Waals surface area (Å²) in [6.07, 6.45) is -1.25. The van der Waals surface area contributed by atoms with Crippen LogP contribution in [0, 0.1) is 5.92 Å². The number of nitrogens with one attached hydrogen (secondary N) is 1. The zero-order chi connectivity index (χ0) is 15.3. The maximum atomic E-state index is 11.6.